The molecule has 2 nitrogen and oxygen atoms in total. The van der Waals surface area contributed by atoms with Crippen LogP contribution in [0.2, 0.25) is 0 Å². The standard InChI is InChI=1S/C35H30N2/c1-25(31-19-9-14-27-11-3-6-17-33(27)31)37-24-36(22-29-15-8-13-26-10-2-5-16-32(26)29)23-30-21-20-28-12-4-7-18-34(28)35(30)37/h2-21,25H,22-24H2,1H3. The van der Waals surface area contributed by atoms with Crippen LogP contribution >= 0.6 is 0 Å². The highest BCUT2D eigenvalue weighted by Crippen LogP contribution is 2.41. The number of benzene rings is 6. The summed E-state index contributed by atoms with van der Waals surface area (Å²) in [5.74, 6) is 0. The minimum Gasteiger partial charge on any atom is -0.351 e. The van der Waals surface area contributed by atoms with Gasteiger partial charge < -0.3 is 4.90 Å². The van der Waals surface area contributed by atoms with Gasteiger partial charge >= 0.3 is 0 Å². The maximum Gasteiger partial charge on any atom is 0.0719 e. The van der Waals surface area contributed by atoms with Gasteiger partial charge in [-0.05, 0) is 50.5 Å². The molecule has 0 fully saturated rings. The van der Waals surface area contributed by atoms with Gasteiger partial charge in [-0.15, -0.1) is 0 Å². The van der Waals surface area contributed by atoms with Crippen LogP contribution < -0.4 is 4.90 Å². The molecule has 1 unspecified atom stereocenters. The fourth-order valence-electron chi connectivity index (χ4n) is 6.22. The molecule has 0 aromatic heterocycles. The van der Waals surface area contributed by atoms with Crippen molar-refractivity contribution in [3.05, 3.63) is 138 Å². The maximum atomic E-state index is 2.63. The van der Waals surface area contributed by atoms with E-state index >= 15 is 0 Å². The third kappa shape index (κ3) is 3.85. The van der Waals surface area contributed by atoms with E-state index in [4.69, 9.17) is 0 Å². The lowest BCUT2D eigenvalue weighted by Gasteiger charge is -2.43. The highest BCUT2D eigenvalue weighted by Gasteiger charge is 2.29. The van der Waals surface area contributed by atoms with Crippen LogP contribution in [0.5, 0.6) is 0 Å². The molecule has 1 atom stereocenters. The second-order valence-corrected chi connectivity index (χ2v) is 10.3. The van der Waals surface area contributed by atoms with E-state index in [-0.39, 0.29) is 6.04 Å². The summed E-state index contributed by atoms with van der Waals surface area (Å²) in [6, 6.07) is 44.6. The van der Waals surface area contributed by atoms with Crippen molar-refractivity contribution in [1.82, 2.24) is 4.90 Å². The van der Waals surface area contributed by atoms with Gasteiger partial charge in [0.1, 0.15) is 0 Å². The van der Waals surface area contributed by atoms with Gasteiger partial charge in [0, 0.05) is 18.5 Å². The van der Waals surface area contributed by atoms with E-state index in [1.807, 2.05) is 0 Å². The SMILES string of the molecule is CC(c1cccc2ccccc12)N1CN(Cc2cccc3ccccc23)Cc2ccc3ccccc3c21. The largest absolute Gasteiger partial charge is 0.351 e. The van der Waals surface area contributed by atoms with Crippen LogP contribution in [0.1, 0.15) is 29.7 Å². The van der Waals surface area contributed by atoms with Gasteiger partial charge in [0.25, 0.3) is 0 Å². The van der Waals surface area contributed by atoms with Crippen LogP contribution in [-0.2, 0) is 13.1 Å². The summed E-state index contributed by atoms with van der Waals surface area (Å²) >= 11 is 0. The molecule has 0 bridgehead atoms. The Labute approximate surface area is 218 Å². The number of hydrogen-bond donors (Lipinski definition) is 0. The Morgan fingerprint density at radius 3 is 1.97 bits per heavy atom. The summed E-state index contributed by atoms with van der Waals surface area (Å²) < 4.78 is 0. The van der Waals surface area contributed by atoms with Crippen molar-refractivity contribution >= 4 is 38.0 Å². The normalized spacial score (nSPS) is 14.8. The first kappa shape index (κ1) is 22.1. The van der Waals surface area contributed by atoms with E-state index in [0.717, 1.165) is 19.8 Å². The fourth-order valence-corrected chi connectivity index (χ4v) is 6.22. The lowest BCUT2D eigenvalue weighted by Crippen LogP contribution is -2.43. The first-order valence-corrected chi connectivity index (χ1v) is 13.2. The molecule has 6 aromatic rings. The van der Waals surface area contributed by atoms with Gasteiger partial charge in [0.2, 0.25) is 0 Å². The predicted octanol–water partition coefficient (Wildman–Crippen LogP) is 8.69. The molecule has 180 valence electrons. The average Bonchev–Trinajstić information content (AvgIpc) is 2.96. The first-order chi connectivity index (χ1) is 18.3. The van der Waals surface area contributed by atoms with Crippen LogP contribution in [0.15, 0.2) is 121 Å². The van der Waals surface area contributed by atoms with Gasteiger partial charge in [-0.25, -0.2) is 0 Å². The van der Waals surface area contributed by atoms with Gasteiger partial charge in [-0.3, -0.25) is 4.90 Å². The minimum atomic E-state index is 0.228. The van der Waals surface area contributed by atoms with Crippen LogP contribution in [-0.4, -0.2) is 11.6 Å². The Kier molecular flexibility index (Phi) is 5.41. The number of anilines is 1. The van der Waals surface area contributed by atoms with Crippen molar-refractivity contribution in [1.29, 1.82) is 0 Å². The van der Waals surface area contributed by atoms with Crippen LogP contribution in [0.4, 0.5) is 5.69 Å². The number of hydrogen-bond acceptors (Lipinski definition) is 2. The van der Waals surface area contributed by atoms with Crippen LogP contribution in [0.3, 0.4) is 0 Å². The third-order valence-electron chi connectivity index (χ3n) is 8.03. The second-order valence-electron chi connectivity index (χ2n) is 10.3. The Bertz CT molecular complexity index is 1740. The second kappa shape index (κ2) is 9.06. The smallest absolute Gasteiger partial charge is 0.0719 e. The van der Waals surface area contributed by atoms with Crippen molar-refractivity contribution in [2.45, 2.75) is 26.1 Å². The van der Waals surface area contributed by atoms with E-state index in [0.29, 0.717) is 0 Å². The Hall–Kier alpha value is -4.14. The van der Waals surface area contributed by atoms with E-state index in [2.05, 4.69) is 138 Å². The summed E-state index contributed by atoms with van der Waals surface area (Å²) in [6.45, 7) is 5.12. The number of rotatable bonds is 4. The highest BCUT2D eigenvalue weighted by molar-refractivity contribution is 5.97. The molecule has 0 saturated heterocycles. The number of nitrogens with zero attached hydrogens (tertiary/aromatic N) is 2. The molecule has 0 saturated carbocycles. The van der Waals surface area contributed by atoms with Crippen molar-refractivity contribution < 1.29 is 0 Å². The Balaban J connectivity index is 1.35. The molecule has 0 spiro atoms. The molecule has 0 radical (unpaired) electrons. The van der Waals surface area contributed by atoms with Gasteiger partial charge in [-0.2, -0.15) is 0 Å². The van der Waals surface area contributed by atoms with Gasteiger partial charge in [0.15, 0.2) is 0 Å². The number of fused-ring (bicyclic) bond motifs is 5. The zero-order valence-electron chi connectivity index (χ0n) is 21.1. The van der Waals surface area contributed by atoms with Gasteiger partial charge in [-0.1, -0.05) is 121 Å². The van der Waals surface area contributed by atoms with Crippen molar-refractivity contribution in [2.24, 2.45) is 0 Å². The zero-order chi connectivity index (χ0) is 24.8. The van der Waals surface area contributed by atoms with Gasteiger partial charge in [0.05, 0.1) is 18.4 Å². The lowest BCUT2D eigenvalue weighted by molar-refractivity contribution is 0.237. The summed E-state index contributed by atoms with van der Waals surface area (Å²) in [6.07, 6.45) is 0. The Morgan fingerprint density at radius 2 is 1.19 bits per heavy atom. The molecule has 0 aliphatic carbocycles. The van der Waals surface area contributed by atoms with E-state index < -0.39 is 0 Å². The van der Waals surface area contributed by atoms with Crippen molar-refractivity contribution in [3.8, 4) is 0 Å². The molecule has 7 rings (SSSR count). The molecule has 1 heterocycles. The van der Waals surface area contributed by atoms with E-state index in [9.17, 15) is 0 Å². The molecule has 1 aliphatic rings. The predicted molar refractivity (Wildman–Crippen MR) is 157 cm³/mol. The van der Waals surface area contributed by atoms with E-state index in [1.54, 1.807) is 0 Å². The molecule has 0 amide bonds. The first-order valence-electron chi connectivity index (χ1n) is 13.2. The molecular weight excluding hydrogens is 448 g/mol. The van der Waals surface area contributed by atoms with Crippen LogP contribution in [0.25, 0.3) is 32.3 Å². The zero-order valence-corrected chi connectivity index (χ0v) is 21.1. The lowest BCUT2D eigenvalue weighted by atomic mass is 9.95. The monoisotopic (exact) mass is 478 g/mol. The van der Waals surface area contributed by atoms with Crippen molar-refractivity contribution in [3.63, 3.8) is 0 Å². The average molecular weight is 479 g/mol. The highest BCUT2D eigenvalue weighted by atomic mass is 15.3. The van der Waals surface area contributed by atoms with Crippen molar-refractivity contribution in [2.75, 3.05) is 11.6 Å². The maximum absolute atomic E-state index is 2.63. The summed E-state index contributed by atoms with van der Waals surface area (Å²) in [4.78, 5) is 5.23. The fraction of sp³-hybridized carbons (Fsp3) is 0.143. The topological polar surface area (TPSA) is 6.48 Å². The minimum absolute atomic E-state index is 0.228. The molecule has 37 heavy (non-hydrogen) atoms. The quantitative estimate of drug-likeness (QED) is 0.250. The molecule has 6 aromatic carbocycles. The van der Waals surface area contributed by atoms with E-state index in [1.165, 1.54) is 54.7 Å². The Morgan fingerprint density at radius 1 is 0.595 bits per heavy atom. The summed E-state index contributed by atoms with van der Waals surface area (Å²) in [5, 5.41) is 7.95. The summed E-state index contributed by atoms with van der Waals surface area (Å²) in [7, 11) is 0. The molecular formula is C35H30N2. The van der Waals surface area contributed by atoms with Crippen LogP contribution in [0, 0.1) is 0 Å². The summed E-state index contributed by atoms with van der Waals surface area (Å²) in [5.41, 5.74) is 5.55. The molecule has 2 heteroatoms. The third-order valence-corrected chi connectivity index (χ3v) is 8.03. The molecule has 1 aliphatic heterocycles. The molecule has 0 N–H and O–H groups in total.